The molecule has 0 aliphatic carbocycles. The first-order valence-corrected chi connectivity index (χ1v) is 6.73. The van der Waals surface area contributed by atoms with Gasteiger partial charge in [-0.05, 0) is 31.9 Å². The Bertz CT molecular complexity index is 364. The lowest BCUT2D eigenvalue weighted by Gasteiger charge is -2.28. The highest BCUT2D eigenvalue weighted by Crippen LogP contribution is 2.28. The summed E-state index contributed by atoms with van der Waals surface area (Å²) in [7, 11) is 0. The molecular weight excluding hydrogens is 226 g/mol. The van der Waals surface area contributed by atoms with Crippen LogP contribution in [-0.2, 0) is 4.79 Å². The first-order valence-electron chi connectivity index (χ1n) is 6.73. The molecule has 1 aliphatic rings. The van der Waals surface area contributed by atoms with Gasteiger partial charge in [-0.1, -0.05) is 44.2 Å². The van der Waals surface area contributed by atoms with Crippen LogP contribution in [0.5, 0.6) is 0 Å². The van der Waals surface area contributed by atoms with Crippen LogP contribution in [0.15, 0.2) is 30.3 Å². The number of carbonyl (C=O) groups is 1. The molecule has 0 spiro atoms. The van der Waals surface area contributed by atoms with Gasteiger partial charge in [0.05, 0.1) is 0 Å². The van der Waals surface area contributed by atoms with E-state index in [9.17, 15) is 4.79 Å². The van der Waals surface area contributed by atoms with E-state index in [0.29, 0.717) is 0 Å². The topological polar surface area (TPSA) is 40.5 Å². The Labute approximate surface area is 109 Å². The second kappa shape index (κ2) is 7.17. The molecule has 100 valence electrons. The summed E-state index contributed by atoms with van der Waals surface area (Å²) in [5.74, 6) is -0.694. The van der Waals surface area contributed by atoms with Gasteiger partial charge in [-0.15, -0.1) is 0 Å². The molecule has 1 N–H and O–H groups in total. The molecule has 1 aliphatic heterocycles. The maximum absolute atomic E-state index is 11.1. The molecule has 18 heavy (non-hydrogen) atoms. The number of carboxylic acids is 1. The Kier molecular flexibility index (Phi) is 5.86. The summed E-state index contributed by atoms with van der Waals surface area (Å²) in [6.07, 6.45) is 1.75. The molecule has 2 rings (SSSR count). The van der Waals surface area contributed by atoms with Gasteiger partial charge >= 0.3 is 5.97 Å². The molecule has 0 amide bonds. The number of benzene rings is 1. The predicted octanol–water partition coefficient (Wildman–Crippen LogP) is 3.32. The van der Waals surface area contributed by atoms with E-state index in [4.69, 9.17) is 5.11 Å². The van der Waals surface area contributed by atoms with Crippen molar-refractivity contribution in [1.29, 1.82) is 0 Å². The Morgan fingerprint density at radius 1 is 1.33 bits per heavy atom. The average Bonchev–Trinajstić information content (AvgIpc) is 2.90. The minimum atomic E-state index is -0.694. The molecular formula is C15H23NO2. The number of nitrogens with zero attached hydrogens (tertiary/aromatic N) is 1. The van der Waals surface area contributed by atoms with Gasteiger partial charge < -0.3 is 5.11 Å². The fraction of sp³-hybridized carbons (Fsp3) is 0.533. The molecule has 1 heterocycles. The number of likely N-dealkylation sites (tertiary alicyclic amines) is 1. The summed E-state index contributed by atoms with van der Waals surface area (Å²) in [4.78, 5) is 13.2. The van der Waals surface area contributed by atoms with Crippen LogP contribution >= 0.6 is 0 Å². The Morgan fingerprint density at radius 3 is 2.50 bits per heavy atom. The molecule has 2 atom stereocenters. The monoisotopic (exact) mass is 249 g/mol. The van der Waals surface area contributed by atoms with Gasteiger partial charge in [0.25, 0.3) is 0 Å². The van der Waals surface area contributed by atoms with Crippen molar-refractivity contribution in [2.45, 2.75) is 45.7 Å². The summed E-state index contributed by atoms with van der Waals surface area (Å²) < 4.78 is 0. The van der Waals surface area contributed by atoms with E-state index in [1.165, 1.54) is 5.56 Å². The highest BCUT2D eigenvalue weighted by Gasteiger charge is 2.33. The van der Waals surface area contributed by atoms with Crippen molar-refractivity contribution < 1.29 is 9.90 Å². The minimum absolute atomic E-state index is 0.185. The maximum atomic E-state index is 11.1. The Morgan fingerprint density at radius 2 is 1.94 bits per heavy atom. The second-order valence-corrected chi connectivity index (χ2v) is 4.32. The highest BCUT2D eigenvalue weighted by atomic mass is 16.4. The standard InChI is InChI=1S/C13H17NO2.C2H6/c1-10(11-6-3-2-4-7-11)14-9-5-8-12(14)13(15)16;1-2/h2-4,6-7,10,12H,5,8-9H2,1H3,(H,15,16);1-2H3. The highest BCUT2D eigenvalue weighted by molar-refractivity contribution is 5.73. The van der Waals surface area contributed by atoms with Gasteiger partial charge in [0.2, 0.25) is 0 Å². The van der Waals surface area contributed by atoms with Crippen molar-refractivity contribution in [3.8, 4) is 0 Å². The molecule has 3 heteroatoms. The molecule has 1 aromatic carbocycles. The van der Waals surface area contributed by atoms with E-state index >= 15 is 0 Å². The molecule has 2 unspecified atom stereocenters. The lowest BCUT2D eigenvalue weighted by molar-refractivity contribution is -0.142. The van der Waals surface area contributed by atoms with Gasteiger partial charge in [0, 0.05) is 6.04 Å². The third-order valence-electron chi connectivity index (χ3n) is 3.36. The predicted molar refractivity (Wildman–Crippen MR) is 73.6 cm³/mol. The lowest BCUT2D eigenvalue weighted by Crippen LogP contribution is -2.37. The van der Waals surface area contributed by atoms with Gasteiger partial charge in [-0.2, -0.15) is 0 Å². The van der Waals surface area contributed by atoms with Crippen LogP contribution in [0.1, 0.15) is 45.2 Å². The van der Waals surface area contributed by atoms with E-state index in [1.807, 2.05) is 32.0 Å². The molecule has 1 saturated heterocycles. The van der Waals surface area contributed by atoms with Gasteiger partial charge in [-0.3, -0.25) is 9.69 Å². The largest absolute Gasteiger partial charge is 0.480 e. The zero-order valence-corrected chi connectivity index (χ0v) is 11.5. The van der Waals surface area contributed by atoms with Crippen molar-refractivity contribution in [2.24, 2.45) is 0 Å². The molecule has 0 aromatic heterocycles. The molecule has 0 radical (unpaired) electrons. The summed E-state index contributed by atoms with van der Waals surface area (Å²) in [6, 6.07) is 9.97. The Hall–Kier alpha value is -1.35. The fourth-order valence-corrected chi connectivity index (χ4v) is 2.44. The number of rotatable bonds is 3. The van der Waals surface area contributed by atoms with Crippen molar-refractivity contribution in [3.05, 3.63) is 35.9 Å². The van der Waals surface area contributed by atoms with Crippen LogP contribution in [0.2, 0.25) is 0 Å². The number of aliphatic carboxylic acids is 1. The van der Waals surface area contributed by atoms with Crippen molar-refractivity contribution in [1.82, 2.24) is 4.90 Å². The van der Waals surface area contributed by atoms with Crippen molar-refractivity contribution >= 4 is 5.97 Å². The van der Waals surface area contributed by atoms with Crippen molar-refractivity contribution in [2.75, 3.05) is 6.54 Å². The van der Waals surface area contributed by atoms with Gasteiger partial charge in [0.15, 0.2) is 0 Å². The molecule has 1 fully saturated rings. The van der Waals surface area contributed by atoms with Gasteiger partial charge in [0.1, 0.15) is 6.04 Å². The SMILES string of the molecule is CC.CC(c1ccccc1)N1CCCC1C(=O)O. The Balaban J connectivity index is 0.000000771. The first-order chi connectivity index (χ1) is 8.70. The fourth-order valence-electron chi connectivity index (χ4n) is 2.44. The second-order valence-electron chi connectivity index (χ2n) is 4.32. The summed E-state index contributed by atoms with van der Waals surface area (Å²) in [5.41, 5.74) is 1.19. The van der Waals surface area contributed by atoms with E-state index in [1.54, 1.807) is 0 Å². The van der Waals surface area contributed by atoms with E-state index < -0.39 is 5.97 Å². The molecule has 0 saturated carbocycles. The third-order valence-corrected chi connectivity index (χ3v) is 3.36. The lowest BCUT2D eigenvalue weighted by atomic mass is 10.1. The third kappa shape index (κ3) is 3.33. The van der Waals surface area contributed by atoms with Crippen LogP contribution in [0.4, 0.5) is 0 Å². The molecule has 1 aromatic rings. The van der Waals surface area contributed by atoms with Crippen molar-refractivity contribution in [3.63, 3.8) is 0 Å². The minimum Gasteiger partial charge on any atom is -0.480 e. The normalized spacial score (nSPS) is 20.9. The quantitative estimate of drug-likeness (QED) is 0.893. The van der Waals surface area contributed by atoms with E-state index in [-0.39, 0.29) is 12.1 Å². The molecule has 0 bridgehead atoms. The van der Waals surface area contributed by atoms with E-state index in [0.717, 1.165) is 19.4 Å². The summed E-state index contributed by atoms with van der Waals surface area (Å²) in [5, 5.41) is 9.14. The number of hydrogen-bond donors (Lipinski definition) is 1. The smallest absolute Gasteiger partial charge is 0.320 e. The van der Waals surface area contributed by atoms with Crippen LogP contribution in [0.3, 0.4) is 0 Å². The number of hydrogen-bond acceptors (Lipinski definition) is 2. The average molecular weight is 249 g/mol. The van der Waals surface area contributed by atoms with Gasteiger partial charge in [-0.25, -0.2) is 0 Å². The van der Waals surface area contributed by atoms with Crippen LogP contribution in [0.25, 0.3) is 0 Å². The number of carboxylic acid groups (broad SMARTS) is 1. The van der Waals surface area contributed by atoms with Crippen LogP contribution in [0, 0.1) is 0 Å². The summed E-state index contributed by atoms with van der Waals surface area (Å²) in [6.45, 7) is 6.96. The maximum Gasteiger partial charge on any atom is 0.320 e. The van der Waals surface area contributed by atoms with Crippen LogP contribution in [-0.4, -0.2) is 28.6 Å². The first kappa shape index (κ1) is 14.7. The summed E-state index contributed by atoms with van der Waals surface area (Å²) >= 11 is 0. The zero-order valence-electron chi connectivity index (χ0n) is 11.5. The van der Waals surface area contributed by atoms with Crippen LogP contribution < -0.4 is 0 Å². The van der Waals surface area contributed by atoms with E-state index in [2.05, 4.69) is 24.0 Å². The zero-order chi connectivity index (χ0) is 13.5. The molecule has 3 nitrogen and oxygen atoms in total.